The molecule has 2 aliphatic rings. The Morgan fingerprint density at radius 3 is 2.30 bits per heavy atom. The molecule has 3 heterocycles. The molecule has 37 heavy (non-hydrogen) atoms. The first-order valence-corrected chi connectivity index (χ1v) is 12.7. The number of carbonyl (C=O) groups excluding carboxylic acids is 2. The SMILES string of the molecule is CC(C)(C)OC(=O)N1CCC(c2cc(F)c3c(c2)N(C(=O)OC(C)(C)C)c2nccc(Cl)c2CO3)CC1. The fraction of sp³-hybridized carbons (Fsp3) is 0.519. The molecule has 1 saturated heterocycles. The van der Waals surface area contributed by atoms with Gasteiger partial charge in [-0.2, -0.15) is 0 Å². The zero-order valence-electron chi connectivity index (χ0n) is 22.1. The third-order valence-electron chi connectivity index (χ3n) is 6.03. The average Bonchev–Trinajstić information content (AvgIpc) is 2.95. The Kier molecular flexibility index (Phi) is 7.29. The lowest BCUT2D eigenvalue weighted by Crippen LogP contribution is -2.41. The topological polar surface area (TPSA) is 81.2 Å². The molecule has 200 valence electrons. The van der Waals surface area contributed by atoms with E-state index >= 15 is 4.39 Å². The summed E-state index contributed by atoms with van der Waals surface area (Å²) in [5.41, 5.74) is -0.0203. The van der Waals surface area contributed by atoms with Crippen LogP contribution in [0.2, 0.25) is 5.02 Å². The number of hydrogen-bond acceptors (Lipinski definition) is 6. The van der Waals surface area contributed by atoms with Crippen LogP contribution in [0.3, 0.4) is 0 Å². The van der Waals surface area contributed by atoms with Crippen LogP contribution in [0.1, 0.15) is 71.4 Å². The number of fused-ring (bicyclic) bond motifs is 2. The molecule has 0 bridgehead atoms. The van der Waals surface area contributed by atoms with E-state index in [1.807, 2.05) is 20.8 Å². The lowest BCUT2D eigenvalue weighted by Gasteiger charge is -2.34. The highest BCUT2D eigenvalue weighted by molar-refractivity contribution is 6.31. The minimum Gasteiger partial charge on any atom is -0.483 e. The van der Waals surface area contributed by atoms with E-state index in [1.165, 1.54) is 17.2 Å². The number of carbonyl (C=O) groups is 2. The Balaban J connectivity index is 1.68. The number of likely N-dealkylation sites (tertiary alicyclic amines) is 1. The van der Waals surface area contributed by atoms with Crippen molar-refractivity contribution in [2.24, 2.45) is 0 Å². The zero-order chi connectivity index (χ0) is 27.1. The first kappa shape index (κ1) is 27.0. The summed E-state index contributed by atoms with van der Waals surface area (Å²) in [5, 5.41) is 0.349. The van der Waals surface area contributed by atoms with Gasteiger partial charge in [-0.15, -0.1) is 0 Å². The van der Waals surface area contributed by atoms with Gasteiger partial charge in [0.15, 0.2) is 17.4 Å². The van der Waals surface area contributed by atoms with Crippen LogP contribution in [-0.2, 0) is 16.1 Å². The van der Waals surface area contributed by atoms with Crippen molar-refractivity contribution in [2.45, 2.75) is 78.1 Å². The van der Waals surface area contributed by atoms with Crippen LogP contribution in [0.25, 0.3) is 0 Å². The second-order valence-electron chi connectivity index (χ2n) is 11.3. The Labute approximate surface area is 221 Å². The summed E-state index contributed by atoms with van der Waals surface area (Å²) in [6, 6.07) is 4.77. The molecular formula is C27H33ClFN3O5. The molecular weight excluding hydrogens is 501 g/mol. The Bertz CT molecular complexity index is 1200. The highest BCUT2D eigenvalue weighted by atomic mass is 35.5. The van der Waals surface area contributed by atoms with Crippen LogP contribution in [0.4, 0.5) is 25.5 Å². The van der Waals surface area contributed by atoms with Crippen molar-refractivity contribution < 1.29 is 28.2 Å². The van der Waals surface area contributed by atoms with Crippen molar-refractivity contribution in [1.29, 1.82) is 0 Å². The minimum absolute atomic E-state index is 0.0333. The molecule has 0 unspecified atom stereocenters. The van der Waals surface area contributed by atoms with Gasteiger partial charge in [0.05, 0.1) is 16.3 Å². The molecule has 2 amide bonds. The van der Waals surface area contributed by atoms with Crippen LogP contribution in [0, 0.1) is 5.82 Å². The van der Waals surface area contributed by atoms with E-state index in [1.54, 1.807) is 37.8 Å². The molecule has 2 aromatic rings. The Morgan fingerprint density at radius 2 is 1.68 bits per heavy atom. The predicted molar refractivity (Wildman–Crippen MR) is 138 cm³/mol. The second kappa shape index (κ2) is 10.0. The minimum atomic E-state index is -0.798. The van der Waals surface area contributed by atoms with Crippen molar-refractivity contribution >= 4 is 35.3 Å². The third-order valence-corrected chi connectivity index (χ3v) is 6.38. The molecule has 10 heteroatoms. The maximum absolute atomic E-state index is 15.5. The van der Waals surface area contributed by atoms with Crippen LogP contribution in [-0.4, -0.2) is 46.4 Å². The van der Waals surface area contributed by atoms with Gasteiger partial charge in [0, 0.05) is 19.3 Å². The van der Waals surface area contributed by atoms with Gasteiger partial charge >= 0.3 is 12.2 Å². The summed E-state index contributed by atoms with van der Waals surface area (Å²) in [5.74, 6) is -0.472. The van der Waals surface area contributed by atoms with Crippen molar-refractivity contribution in [3.8, 4) is 5.75 Å². The van der Waals surface area contributed by atoms with Crippen LogP contribution >= 0.6 is 11.6 Å². The van der Waals surface area contributed by atoms with E-state index in [0.29, 0.717) is 42.1 Å². The molecule has 1 aromatic heterocycles. The van der Waals surface area contributed by atoms with Gasteiger partial charge in [-0.1, -0.05) is 11.6 Å². The molecule has 0 N–H and O–H groups in total. The fourth-order valence-corrected chi connectivity index (χ4v) is 4.60. The van der Waals surface area contributed by atoms with E-state index < -0.39 is 23.1 Å². The van der Waals surface area contributed by atoms with Crippen LogP contribution in [0.15, 0.2) is 24.4 Å². The monoisotopic (exact) mass is 533 g/mol. The van der Waals surface area contributed by atoms with E-state index in [4.69, 9.17) is 25.8 Å². The highest BCUT2D eigenvalue weighted by Gasteiger charge is 2.36. The second-order valence-corrected chi connectivity index (χ2v) is 11.7. The number of piperidine rings is 1. The Hall–Kier alpha value is -3.07. The molecule has 0 atom stereocenters. The van der Waals surface area contributed by atoms with Gasteiger partial charge in [0.25, 0.3) is 0 Å². The van der Waals surface area contributed by atoms with Crippen molar-refractivity contribution in [1.82, 2.24) is 9.88 Å². The van der Waals surface area contributed by atoms with E-state index in [2.05, 4.69) is 4.98 Å². The summed E-state index contributed by atoms with van der Waals surface area (Å²) >= 11 is 6.40. The standard InChI is InChI=1S/C27H33ClFN3O5/c1-26(2,3)36-24(33)31-11-8-16(9-12-31)17-13-20(29)22-21(14-17)32(25(34)37-27(4,5)6)23-18(15-35-22)19(28)7-10-30-23/h7,10,13-14,16H,8-9,11-12,15H2,1-6H3. The predicted octanol–water partition coefficient (Wildman–Crippen LogP) is 6.95. The lowest BCUT2D eigenvalue weighted by molar-refractivity contribution is 0.0204. The highest BCUT2D eigenvalue weighted by Crippen LogP contribution is 2.45. The number of nitrogens with zero attached hydrogens (tertiary/aromatic N) is 3. The van der Waals surface area contributed by atoms with Crippen molar-refractivity contribution in [3.63, 3.8) is 0 Å². The summed E-state index contributed by atoms with van der Waals surface area (Å²) in [7, 11) is 0. The molecule has 0 radical (unpaired) electrons. The lowest BCUT2D eigenvalue weighted by atomic mass is 9.89. The number of pyridine rings is 1. The summed E-state index contributed by atoms with van der Waals surface area (Å²) < 4.78 is 32.5. The normalized spacial score (nSPS) is 16.3. The van der Waals surface area contributed by atoms with Gasteiger partial charge < -0.3 is 19.1 Å². The summed E-state index contributed by atoms with van der Waals surface area (Å²) in [4.78, 5) is 33.2. The molecule has 2 aliphatic heterocycles. The van der Waals surface area contributed by atoms with Gasteiger partial charge in [-0.05, 0) is 84.1 Å². The summed E-state index contributed by atoms with van der Waals surface area (Å²) in [6.07, 6.45) is 1.64. The number of hydrogen-bond donors (Lipinski definition) is 0. The first-order valence-electron chi connectivity index (χ1n) is 12.3. The van der Waals surface area contributed by atoms with E-state index in [-0.39, 0.29) is 35.9 Å². The van der Waals surface area contributed by atoms with E-state index in [9.17, 15) is 9.59 Å². The third kappa shape index (κ3) is 6.09. The van der Waals surface area contributed by atoms with Gasteiger partial charge in [-0.25, -0.2) is 23.9 Å². The van der Waals surface area contributed by atoms with Gasteiger partial charge in [-0.3, -0.25) is 0 Å². The number of aromatic nitrogens is 1. The van der Waals surface area contributed by atoms with Crippen LogP contribution < -0.4 is 9.64 Å². The largest absolute Gasteiger partial charge is 0.483 e. The molecule has 8 nitrogen and oxygen atoms in total. The summed E-state index contributed by atoms with van der Waals surface area (Å²) in [6.45, 7) is 11.6. The molecule has 4 rings (SSSR count). The molecule has 1 fully saturated rings. The number of benzene rings is 1. The number of ether oxygens (including phenoxy) is 3. The molecule has 0 spiro atoms. The Morgan fingerprint density at radius 1 is 1.05 bits per heavy atom. The number of anilines is 2. The number of amides is 2. The van der Waals surface area contributed by atoms with Crippen molar-refractivity contribution in [3.05, 3.63) is 46.4 Å². The van der Waals surface area contributed by atoms with Gasteiger partial charge in [0.1, 0.15) is 17.8 Å². The maximum atomic E-state index is 15.5. The van der Waals surface area contributed by atoms with Crippen LogP contribution in [0.5, 0.6) is 5.75 Å². The number of rotatable bonds is 1. The van der Waals surface area contributed by atoms with E-state index in [0.717, 1.165) is 0 Å². The fourth-order valence-electron chi connectivity index (χ4n) is 4.40. The average molecular weight is 534 g/mol. The van der Waals surface area contributed by atoms with Gasteiger partial charge in [0.2, 0.25) is 0 Å². The maximum Gasteiger partial charge on any atom is 0.420 e. The zero-order valence-corrected chi connectivity index (χ0v) is 22.8. The molecule has 0 aliphatic carbocycles. The molecule has 1 aromatic carbocycles. The number of halogens is 2. The van der Waals surface area contributed by atoms with Crippen molar-refractivity contribution in [2.75, 3.05) is 18.0 Å². The molecule has 0 saturated carbocycles. The smallest absolute Gasteiger partial charge is 0.420 e. The first-order chi connectivity index (χ1) is 17.2. The quantitative estimate of drug-likeness (QED) is 0.394.